The molecule has 2 aromatic rings. The average molecular weight is 537 g/mol. The third-order valence-corrected chi connectivity index (χ3v) is 10.3. The van der Waals surface area contributed by atoms with Gasteiger partial charge in [0.2, 0.25) is 0 Å². The number of benzene rings is 2. The second-order valence-corrected chi connectivity index (χ2v) is 11.7. The molecule has 1 nitrogen and oxygen atoms in total. The van der Waals surface area contributed by atoms with E-state index in [1.54, 1.807) is 5.30 Å². The van der Waals surface area contributed by atoms with Gasteiger partial charge in [0.25, 0.3) is 0 Å². The van der Waals surface area contributed by atoms with Crippen LogP contribution in [0.25, 0.3) is 11.1 Å². The third-order valence-electron chi connectivity index (χ3n) is 6.79. The van der Waals surface area contributed by atoms with Crippen molar-refractivity contribution in [2.24, 2.45) is 0 Å². The van der Waals surface area contributed by atoms with Crippen LogP contribution in [0.1, 0.15) is 64.2 Å². The molecule has 2 fully saturated rings. The molecular formula is C26H36BrCuNP. The zero-order valence-corrected chi connectivity index (χ0v) is 21.8. The van der Waals surface area contributed by atoms with E-state index in [1.807, 2.05) is 0 Å². The zero-order chi connectivity index (χ0) is 21.3. The molecule has 2 aliphatic carbocycles. The van der Waals surface area contributed by atoms with Crippen molar-refractivity contribution in [3.8, 4) is 11.1 Å². The van der Waals surface area contributed by atoms with Gasteiger partial charge in [-0.1, -0.05) is 88.9 Å². The molecule has 2 aromatic carbocycles. The number of hydrogen-bond acceptors (Lipinski definition) is 1. The average Bonchev–Trinajstić information content (AvgIpc) is 2.82. The van der Waals surface area contributed by atoms with Crippen LogP contribution in [0, 0.1) is 0 Å². The van der Waals surface area contributed by atoms with Crippen LogP contribution in [0.3, 0.4) is 0 Å². The summed E-state index contributed by atoms with van der Waals surface area (Å²) >= 11 is 6.50. The molecule has 0 atom stereocenters. The van der Waals surface area contributed by atoms with Crippen molar-refractivity contribution in [2.75, 3.05) is 19.0 Å². The van der Waals surface area contributed by atoms with Gasteiger partial charge >= 0.3 is 28.3 Å². The summed E-state index contributed by atoms with van der Waals surface area (Å²) in [5.74, 6) is 0. The number of hydrogen-bond donors (Lipinski definition) is 0. The fraction of sp³-hybridized carbons (Fsp3) is 0.538. The Balaban J connectivity index is 0.00000124. The van der Waals surface area contributed by atoms with Crippen molar-refractivity contribution >= 4 is 33.0 Å². The van der Waals surface area contributed by atoms with Crippen molar-refractivity contribution in [3.63, 3.8) is 0 Å². The van der Waals surface area contributed by atoms with Gasteiger partial charge < -0.3 is 4.90 Å². The van der Waals surface area contributed by atoms with E-state index in [2.05, 4.69) is 95.8 Å². The molecule has 0 aromatic heterocycles. The first-order chi connectivity index (χ1) is 14.8. The first-order valence-corrected chi connectivity index (χ1v) is 15.3. The Labute approximate surface area is 200 Å². The Morgan fingerprint density at radius 1 is 0.700 bits per heavy atom. The molecule has 4 heteroatoms. The molecule has 2 aliphatic rings. The van der Waals surface area contributed by atoms with Gasteiger partial charge in [0.05, 0.1) is 0 Å². The van der Waals surface area contributed by atoms with Crippen LogP contribution < -0.4 is 10.2 Å². The van der Waals surface area contributed by atoms with Crippen LogP contribution in [0.2, 0.25) is 0 Å². The Bertz CT molecular complexity index is 751. The number of anilines is 1. The second kappa shape index (κ2) is 12.6. The van der Waals surface area contributed by atoms with Gasteiger partial charge in [-0.25, -0.2) is 0 Å². The molecule has 2 saturated carbocycles. The minimum atomic E-state index is -0.0867. The van der Waals surface area contributed by atoms with Crippen LogP contribution in [0.4, 0.5) is 5.69 Å². The minimum absolute atomic E-state index is 0.0867. The normalized spacial score (nSPS) is 18.1. The van der Waals surface area contributed by atoms with Crippen molar-refractivity contribution in [2.45, 2.75) is 75.5 Å². The summed E-state index contributed by atoms with van der Waals surface area (Å²) in [7, 11) is 4.26. The van der Waals surface area contributed by atoms with E-state index in [-0.39, 0.29) is 7.92 Å². The summed E-state index contributed by atoms with van der Waals surface area (Å²) in [6.45, 7) is 0. The maximum absolute atomic E-state index is 4.00. The Morgan fingerprint density at radius 2 is 1.17 bits per heavy atom. The molecular weight excluding hydrogens is 501 g/mol. The fourth-order valence-electron chi connectivity index (χ4n) is 5.43. The molecule has 4 rings (SSSR count). The second-order valence-electron chi connectivity index (χ2n) is 8.92. The van der Waals surface area contributed by atoms with E-state index in [1.165, 1.54) is 81.0 Å². The molecule has 0 radical (unpaired) electrons. The van der Waals surface area contributed by atoms with Crippen molar-refractivity contribution in [3.05, 3.63) is 48.5 Å². The monoisotopic (exact) mass is 535 g/mol. The van der Waals surface area contributed by atoms with Gasteiger partial charge in [-0.3, -0.25) is 0 Å². The first-order valence-electron chi connectivity index (χ1n) is 11.5. The summed E-state index contributed by atoms with van der Waals surface area (Å²) in [6.07, 6.45) is 14.6. The standard InChI is InChI=1S/C26H36NP.BrH.Cu/c1-27(2)25-19-11-9-17-23(25)24-18-10-12-20-26(24)28(21-13-5-3-6-14-21)22-15-7-4-8-16-22;;/h9-12,17-22H,3-8,13-16H2,1-2H3;1H;/q;;+1/p-1. The third kappa shape index (κ3) is 5.92. The van der Waals surface area contributed by atoms with Gasteiger partial charge in [-0.2, -0.15) is 0 Å². The van der Waals surface area contributed by atoms with Crippen molar-refractivity contribution in [1.82, 2.24) is 0 Å². The Kier molecular flexibility index (Phi) is 10.2. The Hall–Kier alpha value is -0.331. The van der Waals surface area contributed by atoms with Crippen LogP contribution in [-0.2, 0) is 14.2 Å². The van der Waals surface area contributed by atoms with Crippen molar-refractivity contribution in [1.29, 1.82) is 0 Å². The Morgan fingerprint density at radius 3 is 1.70 bits per heavy atom. The van der Waals surface area contributed by atoms with Gasteiger partial charge in [0.15, 0.2) is 0 Å². The molecule has 0 aliphatic heterocycles. The van der Waals surface area contributed by atoms with E-state index in [0.29, 0.717) is 0 Å². The molecule has 0 unspecified atom stereocenters. The molecule has 0 N–H and O–H groups in total. The molecule has 168 valence electrons. The zero-order valence-electron chi connectivity index (χ0n) is 18.4. The topological polar surface area (TPSA) is 3.24 Å². The van der Waals surface area contributed by atoms with E-state index in [9.17, 15) is 0 Å². The summed E-state index contributed by atoms with van der Waals surface area (Å²) in [5, 5.41) is 1.70. The van der Waals surface area contributed by atoms with E-state index in [0.717, 1.165) is 11.3 Å². The molecule has 0 spiro atoms. The summed E-state index contributed by atoms with van der Waals surface area (Å²) < 4.78 is 0. The fourth-order valence-corrected chi connectivity index (χ4v) is 9.39. The summed E-state index contributed by atoms with van der Waals surface area (Å²) in [4.78, 5) is 2.27. The van der Waals surface area contributed by atoms with Gasteiger partial charge in [-0.05, 0) is 53.9 Å². The van der Waals surface area contributed by atoms with Crippen LogP contribution in [-0.4, -0.2) is 25.4 Å². The molecule has 30 heavy (non-hydrogen) atoms. The first kappa shape index (κ1) is 24.3. The van der Waals surface area contributed by atoms with Crippen LogP contribution in [0.15, 0.2) is 48.5 Å². The number of halogens is 1. The predicted octanol–water partition coefficient (Wildman–Crippen LogP) is 8.04. The molecule has 0 saturated heterocycles. The number of para-hydroxylation sites is 1. The quantitative estimate of drug-likeness (QED) is 0.276. The van der Waals surface area contributed by atoms with E-state index >= 15 is 0 Å². The maximum atomic E-state index is 4.00. The summed E-state index contributed by atoms with van der Waals surface area (Å²) in [5.41, 5.74) is 6.16. The predicted molar refractivity (Wildman–Crippen MR) is 135 cm³/mol. The molecule has 0 amide bonds. The van der Waals surface area contributed by atoms with Gasteiger partial charge in [0.1, 0.15) is 0 Å². The molecule has 0 heterocycles. The van der Waals surface area contributed by atoms with Crippen molar-refractivity contribution < 1.29 is 14.2 Å². The van der Waals surface area contributed by atoms with Gasteiger partial charge in [0, 0.05) is 25.3 Å². The number of rotatable bonds is 5. The SMILES string of the molecule is CN(C)c1ccccc1-c1ccccc1P(C1CCCCC1)C1CCCCC1.[Cu][Br]. The van der Waals surface area contributed by atoms with Crippen LogP contribution in [0.5, 0.6) is 0 Å². The van der Waals surface area contributed by atoms with Gasteiger partial charge in [-0.15, -0.1) is 0 Å². The van der Waals surface area contributed by atoms with E-state index in [4.69, 9.17) is 0 Å². The van der Waals surface area contributed by atoms with E-state index < -0.39 is 0 Å². The van der Waals surface area contributed by atoms with Crippen LogP contribution >= 0.6 is 22.0 Å². The number of nitrogens with zero attached hydrogens (tertiary/aromatic N) is 1. The summed E-state index contributed by atoms with van der Waals surface area (Å²) in [6, 6.07) is 18.4. The molecule has 0 bridgehead atoms.